The number of hydrogen-bond acceptors (Lipinski definition) is 7. The van der Waals surface area contributed by atoms with E-state index < -0.39 is 6.10 Å². The summed E-state index contributed by atoms with van der Waals surface area (Å²) in [5, 5.41) is 13.8. The molecule has 2 aromatic rings. The minimum Gasteiger partial charge on any atom is -0.387 e. The number of carbonyl (C=O) groups excluding carboxylic acids is 1. The quantitative estimate of drug-likeness (QED) is 0.640. The van der Waals surface area contributed by atoms with E-state index in [2.05, 4.69) is 27.1 Å². The molecule has 2 fully saturated rings. The topological polar surface area (TPSA) is 81.6 Å². The maximum absolute atomic E-state index is 13.5. The molecule has 9 heteroatoms. The van der Waals surface area contributed by atoms with Crippen LogP contribution in [0.1, 0.15) is 60.3 Å². The average molecular weight is 476 g/mol. The summed E-state index contributed by atoms with van der Waals surface area (Å²) in [6.07, 6.45) is 4.32. The second kappa shape index (κ2) is 9.25. The van der Waals surface area contributed by atoms with E-state index in [0.717, 1.165) is 51.8 Å². The lowest BCUT2D eigenvalue weighted by molar-refractivity contribution is -0.133. The molecule has 7 nitrogen and oxygen atoms in total. The van der Waals surface area contributed by atoms with Gasteiger partial charge in [0.1, 0.15) is 12.1 Å². The van der Waals surface area contributed by atoms with Crippen molar-refractivity contribution in [1.82, 2.24) is 20.2 Å². The second-order valence-electron chi connectivity index (χ2n) is 9.26. The number of halogens is 1. The monoisotopic (exact) mass is 475 g/mol. The highest BCUT2D eigenvalue weighted by molar-refractivity contribution is 7.16. The van der Waals surface area contributed by atoms with Crippen molar-refractivity contribution in [3.63, 3.8) is 0 Å². The Kier molecular flexibility index (Phi) is 6.38. The number of nitrogens with one attached hydrogen (secondary N) is 1. The Morgan fingerprint density at radius 1 is 1.28 bits per heavy atom. The highest BCUT2D eigenvalue weighted by Gasteiger charge is 2.35. The molecule has 3 aliphatic rings. The minimum absolute atomic E-state index is 0.170. The van der Waals surface area contributed by atoms with Crippen molar-refractivity contribution < 1.29 is 9.90 Å². The summed E-state index contributed by atoms with van der Waals surface area (Å²) in [4.78, 5) is 27.6. The van der Waals surface area contributed by atoms with E-state index in [4.69, 9.17) is 11.6 Å². The average Bonchev–Trinajstić information content (AvgIpc) is 3.46. The molecule has 32 heavy (non-hydrogen) atoms. The van der Waals surface area contributed by atoms with Crippen molar-refractivity contribution in [3.8, 4) is 0 Å². The van der Waals surface area contributed by atoms with Crippen molar-refractivity contribution >= 4 is 34.7 Å². The van der Waals surface area contributed by atoms with Gasteiger partial charge in [-0.15, -0.1) is 11.3 Å². The molecule has 0 aromatic carbocycles. The summed E-state index contributed by atoms with van der Waals surface area (Å²) in [5.74, 6) is 1.90. The molecule has 2 aromatic heterocycles. The van der Waals surface area contributed by atoms with Gasteiger partial charge < -0.3 is 20.2 Å². The van der Waals surface area contributed by atoms with Gasteiger partial charge in [-0.1, -0.05) is 18.5 Å². The fourth-order valence-corrected chi connectivity index (χ4v) is 6.05. The SMILES string of the molecule is C[C@@H]1C[C@@H](O)c2ncnc(N3CCN(C(=O)C(CNCC4CC4)c4ccc(Cl)s4)CC3)c21. The van der Waals surface area contributed by atoms with E-state index in [0.29, 0.717) is 26.1 Å². The number of fused-ring (bicyclic) bond motifs is 1. The van der Waals surface area contributed by atoms with Gasteiger partial charge in [-0.25, -0.2) is 9.97 Å². The number of aliphatic hydroxyl groups excluding tert-OH is 1. The summed E-state index contributed by atoms with van der Waals surface area (Å²) in [6.45, 7) is 6.53. The molecule has 1 saturated heterocycles. The van der Waals surface area contributed by atoms with Crippen LogP contribution in [-0.4, -0.2) is 65.2 Å². The van der Waals surface area contributed by atoms with E-state index >= 15 is 0 Å². The summed E-state index contributed by atoms with van der Waals surface area (Å²) in [6, 6.07) is 3.87. The second-order valence-corrected chi connectivity index (χ2v) is 11.0. The first-order chi connectivity index (χ1) is 15.5. The van der Waals surface area contributed by atoms with Crippen LogP contribution < -0.4 is 10.2 Å². The first kappa shape index (κ1) is 22.1. The van der Waals surface area contributed by atoms with E-state index in [1.165, 1.54) is 24.2 Å². The van der Waals surface area contributed by atoms with Crippen LogP contribution in [0.25, 0.3) is 0 Å². The summed E-state index contributed by atoms with van der Waals surface area (Å²) < 4.78 is 0.721. The lowest BCUT2D eigenvalue weighted by atomic mass is 10.0. The molecule has 2 aliphatic carbocycles. The summed E-state index contributed by atoms with van der Waals surface area (Å²) in [7, 11) is 0. The molecule has 0 spiro atoms. The standard InChI is InChI=1S/C23H30ClN5O2S/c1-14-10-17(30)21-20(14)22(27-13-26-21)28-6-8-29(9-7-28)23(31)16(12-25-11-15-2-3-15)18-4-5-19(24)32-18/h4-5,13-17,25,30H,2-3,6-12H2,1H3/t14-,16?,17-/m1/s1. The number of anilines is 1. The first-order valence-electron chi connectivity index (χ1n) is 11.5. The number of carbonyl (C=O) groups is 1. The summed E-state index contributed by atoms with van der Waals surface area (Å²) >= 11 is 7.68. The third-order valence-corrected chi connectivity index (χ3v) is 8.23. The number of rotatable bonds is 7. The molecule has 3 heterocycles. The predicted octanol–water partition coefficient (Wildman–Crippen LogP) is 3.16. The molecular formula is C23H30ClN5O2S. The molecule has 2 N–H and O–H groups in total. The predicted molar refractivity (Wildman–Crippen MR) is 126 cm³/mol. The molecule has 1 saturated carbocycles. The molecule has 1 aliphatic heterocycles. The van der Waals surface area contributed by atoms with E-state index in [1.54, 1.807) is 6.33 Å². The van der Waals surface area contributed by atoms with Gasteiger partial charge >= 0.3 is 0 Å². The van der Waals surface area contributed by atoms with Gasteiger partial charge in [0.2, 0.25) is 5.91 Å². The van der Waals surface area contributed by atoms with Crippen LogP contribution in [0.4, 0.5) is 5.82 Å². The van der Waals surface area contributed by atoms with Gasteiger partial charge in [-0.3, -0.25) is 4.79 Å². The van der Waals surface area contributed by atoms with Crippen LogP contribution in [0.2, 0.25) is 4.34 Å². The largest absolute Gasteiger partial charge is 0.387 e. The van der Waals surface area contributed by atoms with Crippen molar-refractivity contribution in [2.75, 3.05) is 44.2 Å². The van der Waals surface area contributed by atoms with Crippen LogP contribution in [0.15, 0.2) is 18.5 Å². The maximum Gasteiger partial charge on any atom is 0.232 e. The molecule has 1 unspecified atom stereocenters. The molecular weight excluding hydrogens is 446 g/mol. The van der Waals surface area contributed by atoms with Gasteiger partial charge in [-0.05, 0) is 49.8 Å². The van der Waals surface area contributed by atoms with Crippen LogP contribution in [0, 0.1) is 5.92 Å². The van der Waals surface area contributed by atoms with Gasteiger partial charge in [0.25, 0.3) is 0 Å². The normalized spacial score (nSPS) is 24.0. The van der Waals surface area contributed by atoms with Gasteiger partial charge in [-0.2, -0.15) is 0 Å². The van der Waals surface area contributed by atoms with Crippen LogP contribution in [0.5, 0.6) is 0 Å². The van der Waals surface area contributed by atoms with Crippen molar-refractivity contribution in [2.45, 2.75) is 44.1 Å². The summed E-state index contributed by atoms with van der Waals surface area (Å²) in [5.41, 5.74) is 1.83. The van der Waals surface area contributed by atoms with Crippen molar-refractivity contribution in [1.29, 1.82) is 0 Å². The number of nitrogens with zero attached hydrogens (tertiary/aromatic N) is 4. The lowest BCUT2D eigenvalue weighted by Gasteiger charge is -2.37. The Morgan fingerprint density at radius 3 is 2.75 bits per heavy atom. The third-order valence-electron chi connectivity index (χ3n) is 6.88. The van der Waals surface area contributed by atoms with Crippen molar-refractivity contribution in [2.24, 2.45) is 5.92 Å². The minimum atomic E-state index is -0.508. The number of aromatic nitrogens is 2. The van der Waals surface area contributed by atoms with E-state index in [1.807, 2.05) is 17.0 Å². The zero-order valence-electron chi connectivity index (χ0n) is 18.3. The smallest absolute Gasteiger partial charge is 0.232 e. The molecule has 0 bridgehead atoms. The highest BCUT2D eigenvalue weighted by Crippen LogP contribution is 2.43. The van der Waals surface area contributed by atoms with Gasteiger partial charge in [0.05, 0.1) is 22.1 Å². The third kappa shape index (κ3) is 4.51. The number of piperazine rings is 1. The molecule has 172 valence electrons. The van der Waals surface area contributed by atoms with Crippen LogP contribution >= 0.6 is 22.9 Å². The maximum atomic E-state index is 13.5. The van der Waals surface area contributed by atoms with E-state index in [9.17, 15) is 9.90 Å². The first-order valence-corrected chi connectivity index (χ1v) is 12.7. The number of aliphatic hydroxyl groups is 1. The zero-order chi connectivity index (χ0) is 22.2. The Labute approximate surface area is 197 Å². The van der Waals surface area contributed by atoms with E-state index in [-0.39, 0.29) is 17.7 Å². The number of amides is 1. The molecule has 0 radical (unpaired) electrons. The Hall–Kier alpha value is -1.74. The fourth-order valence-electron chi connectivity index (χ4n) is 4.89. The number of hydrogen-bond donors (Lipinski definition) is 2. The van der Waals surface area contributed by atoms with Crippen LogP contribution in [-0.2, 0) is 4.79 Å². The van der Waals surface area contributed by atoms with Gasteiger partial charge in [0, 0.05) is 43.2 Å². The van der Waals surface area contributed by atoms with Crippen molar-refractivity contribution in [3.05, 3.63) is 38.9 Å². The van der Waals surface area contributed by atoms with Gasteiger partial charge in [0.15, 0.2) is 0 Å². The lowest BCUT2D eigenvalue weighted by Crippen LogP contribution is -2.51. The Bertz CT molecular complexity index is 973. The zero-order valence-corrected chi connectivity index (χ0v) is 19.9. The van der Waals surface area contributed by atoms with Crippen LogP contribution in [0.3, 0.4) is 0 Å². The number of thiophene rings is 1. The highest BCUT2D eigenvalue weighted by atomic mass is 35.5. The molecule has 1 amide bonds. The fraction of sp³-hybridized carbons (Fsp3) is 0.609. The molecule has 3 atom stereocenters. The molecule has 5 rings (SSSR count). The Balaban J connectivity index is 1.26. The Morgan fingerprint density at radius 2 is 2.06 bits per heavy atom.